The number of benzene rings is 1. The number of nitrogens with zero attached hydrogens (tertiary/aromatic N) is 5. The Kier molecular flexibility index (Phi) is 9.45. The number of likely N-dealkylation sites (tertiary alicyclic amines) is 1. The van der Waals surface area contributed by atoms with E-state index in [9.17, 15) is 14.4 Å². The lowest BCUT2D eigenvalue weighted by Gasteiger charge is -2.21. The first kappa shape index (κ1) is 26.4. The number of methoxy groups -OCH3 is 1. The van der Waals surface area contributed by atoms with Crippen molar-refractivity contribution in [3.8, 4) is 11.8 Å². The summed E-state index contributed by atoms with van der Waals surface area (Å²) in [4.78, 5) is 18.3. The van der Waals surface area contributed by atoms with Crippen LogP contribution >= 0.6 is 24.0 Å². The Hall–Kier alpha value is -2.88. The first-order chi connectivity index (χ1) is 15.4. The molecule has 1 aromatic heterocycles. The number of halogens is 2. The standard InChI is InChI=1S/C22H28FN7O2.HI/c1-14-12-29(13-18(14)21(31)32-3)22(26-2)27-10-4-5-19-17(11-24)20(25)30(28-19)16-8-6-15(23)7-9-16;/h6-9,14,18H,4-5,10,12-13,25H2,1-3H3,(H,26,27);1H. The van der Waals surface area contributed by atoms with Crippen LogP contribution < -0.4 is 11.1 Å². The number of carbonyl (C=O) groups excluding carboxylic acids is 1. The molecule has 11 heteroatoms. The van der Waals surface area contributed by atoms with Gasteiger partial charge in [-0.25, -0.2) is 9.07 Å². The van der Waals surface area contributed by atoms with Crippen molar-refractivity contribution in [2.24, 2.45) is 16.8 Å². The Morgan fingerprint density at radius 1 is 1.39 bits per heavy atom. The van der Waals surface area contributed by atoms with Gasteiger partial charge in [-0.05, 0) is 43.0 Å². The van der Waals surface area contributed by atoms with Gasteiger partial charge in [-0.2, -0.15) is 10.4 Å². The summed E-state index contributed by atoms with van der Waals surface area (Å²) in [6.07, 6.45) is 1.23. The average Bonchev–Trinajstić information content (AvgIpc) is 3.33. The summed E-state index contributed by atoms with van der Waals surface area (Å²) < 4.78 is 19.6. The van der Waals surface area contributed by atoms with Crippen LogP contribution in [-0.4, -0.2) is 60.4 Å². The summed E-state index contributed by atoms with van der Waals surface area (Å²) in [6, 6.07) is 7.89. The van der Waals surface area contributed by atoms with Crippen LogP contribution in [-0.2, 0) is 16.0 Å². The van der Waals surface area contributed by atoms with Gasteiger partial charge in [0, 0.05) is 26.7 Å². The van der Waals surface area contributed by atoms with Gasteiger partial charge in [0.05, 0.1) is 24.4 Å². The van der Waals surface area contributed by atoms with Crippen LogP contribution in [0.3, 0.4) is 0 Å². The summed E-state index contributed by atoms with van der Waals surface area (Å²) in [7, 11) is 3.11. The second-order valence-corrected chi connectivity index (χ2v) is 7.80. The topological polar surface area (TPSA) is 122 Å². The van der Waals surface area contributed by atoms with Gasteiger partial charge in [0.1, 0.15) is 23.3 Å². The minimum absolute atomic E-state index is 0. The molecule has 1 aliphatic rings. The molecule has 2 heterocycles. The molecular formula is C22H29FIN7O2. The molecule has 1 saturated heterocycles. The average molecular weight is 569 g/mol. The van der Waals surface area contributed by atoms with Gasteiger partial charge >= 0.3 is 5.97 Å². The highest BCUT2D eigenvalue weighted by Crippen LogP contribution is 2.24. The number of aromatic nitrogens is 2. The van der Waals surface area contributed by atoms with E-state index < -0.39 is 0 Å². The van der Waals surface area contributed by atoms with Crippen LogP contribution in [0.25, 0.3) is 5.69 Å². The molecule has 2 aromatic rings. The first-order valence-corrected chi connectivity index (χ1v) is 10.5. The number of guanidine groups is 1. The number of nitrogen functional groups attached to an aromatic ring is 1. The molecule has 2 atom stereocenters. The number of nitrogens with one attached hydrogen (secondary N) is 1. The van der Waals surface area contributed by atoms with Gasteiger partial charge < -0.3 is 20.7 Å². The number of aryl methyl sites for hydroxylation is 1. The number of carbonyl (C=O) groups is 1. The lowest BCUT2D eigenvalue weighted by molar-refractivity contribution is -0.145. The van der Waals surface area contributed by atoms with E-state index in [1.165, 1.54) is 23.9 Å². The molecule has 1 aromatic carbocycles. The third kappa shape index (κ3) is 5.93. The predicted octanol–water partition coefficient (Wildman–Crippen LogP) is 2.33. The van der Waals surface area contributed by atoms with E-state index in [0.717, 1.165) is 12.5 Å². The zero-order valence-electron chi connectivity index (χ0n) is 18.9. The Balaban J connectivity index is 0.00000385. The number of anilines is 1. The van der Waals surface area contributed by atoms with E-state index >= 15 is 0 Å². The smallest absolute Gasteiger partial charge is 0.310 e. The van der Waals surface area contributed by atoms with Gasteiger partial charge in [0.15, 0.2) is 5.96 Å². The Morgan fingerprint density at radius 2 is 2.09 bits per heavy atom. The minimum Gasteiger partial charge on any atom is -0.469 e. The fraction of sp³-hybridized carbons (Fsp3) is 0.455. The largest absolute Gasteiger partial charge is 0.469 e. The fourth-order valence-corrected chi connectivity index (χ4v) is 3.94. The van der Waals surface area contributed by atoms with Crippen LogP contribution in [0, 0.1) is 29.0 Å². The zero-order chi connectivity index (χ0) is 23.3. The van der Waals surface area contributed by atoms with Crippen LogP contribution in [0.15, 0.2) is 29.3 Å². The van der Waals surface area contributed by atoms with Crippen molar-refractivity contribution in [1.82, 2.24) is 20.0 Å². The van der Waals surface area contributed by atoms with Crippen LogP contribution in [0.5, 0.6) is 0 Å². The molecule has 3 rings (SSSR count). The van der Waals surface area contributed by atoms with Crippen molar-refractivity contribution in [2.75, 3.05) is 39.5 Å². The van der Waals surface area contributed by atoms with E-state index in [2.05, 4.69) is 21.5 Å². The Morgan fingerprint density at radius 3 is 2.70 bits per heavy atom. The monoisotopic (exact) mass is 569 g/mol. The maximum atomic E-state index is 13.2. The highest BCUT2D eigenvalue weighted by Gasteiger charge is 2.36. The second kappa shape index (κ2) is 11.8. The molecule has 0 radical (unpaired) electrons. The lowest BCUT2D eigenvalue weighted by atomic mass is 9.99. The Bertz CT molecular complexity index is 1030. The molecular weight excluding hydrogens is 540 g/mol. The summed E-state index contributed by atoms with van der Waals surface area (Å²) in [6.45, 7) is 3.91. The van der Waals surface area contributed by atoms with Gasteiger partial charge in [0.2, 0.25) is 0 Å². The highest BCUT2D eigenvalue weighted by molar-refractivity contribution is 14.0. The number of aliphatic imine (C=N–C) groups is 1. The third-order valence-corrected chi connectivity index (χ3v) is 5.68. The number of nitriles is 1. The second-order valence-electron chi connectivity index (χ2n) is 7.80. The molecule has 0 saturated carbocycles. The molecule has 0 spiro atoms. The van der Waals surface area contributed by atoms with Gasteiger partial charge in [-0.15, -0.1) is 24.0 Å². The number of esters is 1. The van der Waals surface area contributed by atoms with E-state index in [0.29, 0.717) is 42.9 Å². The zero-order valence-corrected chi connectivity index (χ0v) is 21.2. The molecule has 178 valence electrons. The normalized spacial score (nSPS) is 17.9. The molecule has 0 aliphatic carbocycles. The van der Waals surface area contributed by atoms with Gasteiger partial charge in [0.25, 0.3) is 0 Å². The molecule has 33 heavy (non-hydrogen) atoms. The number of rotatable bonds is 6. The number of hydrogen-bond acceptors (Lipinski definition) is 6. The highest BCUT2D eigenvalue weighted by atomic mass is 127. The summed E-state index contributed by atoms with van der Waals surface area (Å²) in [5.41, 5.74) is 7.62. The molecule has 0 amide bonds. The van der Waals surface area contributed by atoms with E-state index in [4.69, 9.17) is 10.5 Å². The summed E-state index contributed by atoms with van der Waals surface area (Å²) >= 11 is 0. The molecule has 2 unspecified atom stereocenters. The van der Waals surface area contributed by atoms with Crippen molar-refractivity contribution >= 4 is 41.7 Å². The Labute approximate surface area is 209 Å². The minimum atomic E-state index is -0.357. The van der Waals surface area contributed by atoms with Crippen molar-refractivity contribution in [3.63, 3.8) is 0 Å². The SMILES string of the molecule is CN=C(NCCCc1nn(-c2ccc(F)cc2)c(N)c1C#N)N1CC(C)C(C(=O)OC)C1.I. The number of nitrogens with two attached hydrogens (primary N) is 1. The van der Waals surface area contributed by atoms with Crippen molar-refractivity contribution in [3.05, 3.63) is 41.3 Å². The fourth-order valence-electron chi connectivity index (χ4n) is 3.94. The first-order valence-electron chi connectivity index (χ1n) is 10.5. The van der Waals surface area contributed by atoms with Gasteiger partial charge in [-0.1, -0.05) is 6.92 Å². The van der Waals surface area contributed by atoms with E-state index in [1.807, 2.05) is 11.8 Å². The van der Waals surface area contributed by atoms with E-state index in [-0.39, 0.29) is 53.4 Å². The molecule has 1 fully saturated rings. The van der Waals surface area contributed by atoms with Gasteiger partial charge in [-0.3, -0.25) is 9.79 Å². The number of hydrogen-bond donors (Lipinski definition) is 2. The third-order valence-electron chi connectivity index (χ3n) is 5.68. The van der Waals surface area contributed by atoms with Crippen LogP contribution in [0.1, 0.15) is 24.6 Å². The summed E-state index contributed by atoms with van der Waals surface area (Å²) in [5, 5.41) is 17.3. The lowest BCUT2D eigenvalue weighted by Crippen LogP contribution is -2.41. The summed E-state index contributed by atoms with van der Waals surface area (Å²) in [5.74, 6) is 0.407. The molecule has 1 aliphatic heterocycles. The quantitative estimate of drug-likeness (QED) is 0.180. The molecule has 3 N–H and O–H groups in total. The molecule has 9 nitrogen and oxygen atoms in total. The maximum absolute atomic E-state index is 13.2. The predicted molar refractivity (Wildman–Crippen MR) is 134 cm³/mol. The van der Waals surface area contributed by atoms with E-state index in [1.54, 1.807) is 19.2 Å². The van der Waals surface area contributed by atoms with Crippen molar-refractivity contribution in [1.29, 1.82) is 5.26 Å². The maximum Gasteiger partial charge on any atom is 0.310 e. The molecule has 0 bridgehead atoms. The van der Waals surface area contributed by atoms with Crippen molar-refractivity contribution < 1.29 is 13.9 Å². The van der Waals surface area contributed by atoms with Crippen LogP contribution in [0.4, 0.5) is 10.2 Å². The number of ether oxygens (including phenoxy) is 1. The van der Waals surface area contributed by atoms with Crippen molar-refractivity contribution in [2.45, 2.75) is 19.8 Å². The van der Waals surface area contributed by atoms with Crippen LogP contribution in [0.2, 0.25) is 0 Å².